The number of amides is 2. The van der Waals surface area contributed by atoms with Crippen LogP contribution in [-0.2, 0) is 33.8 Å². The molecule has 2 aliphatic rings. The largest absolute Gasteiger partial charge is 0.416 e. The molecule has 1 saturated heterocycles. The third-order valence-electron chi connectivity index (χ3n) is 7.54. The van der Waals surface area contributed by atoms with E-state index in [2.05, 4.69) is 5.32 Å². The maximum Gasteiger partial charge on any atom is 0.416 e. The number of benzene rings is 2. The van der Waals surface area contributed by atoms with Gasteiger partial charge in [0.2, 0.25) is 11.8 Å². The first-order valence-corrected chi connectivity index (χ1v) is 12.4. The van der Waals surface area contributed by atoms with Crippen molar-refractivity contribution in [2.45, 2.75) is 68.4 Å². The summed E-state index contributed by atoms with van der Waals surface area (Å²) in [7, 11) is 0. The Kier molecular flexibility index (Phi) is 7.48. The van der Waals surface area contributed by atoms with E-state index >= 15 is 0 Å². The topological polar surface area (TPSA) is 75.4 Å². The number of nitrogens with two attached hydrogens (primary N) is 1. The van der Waals surface area contributed by atoms with Gasteiger partial charge >= 0.3 is 12.4 Å². The number of carbonyl (C=O) groups is 2. The van der Waals surface area contributed by atoms with Gasteiger partial charge in [-0.15, -0.1) is 0 Å². The van der Waals surface area contributed by atoms with Crippen molar-refractivity contribution in [3.05, 3.63) is 70.5 Å². The molecule has 5 nitrogen and oxygen atoms in total. The Balaban J connectivity index is 1.58. The molecule has 212 valence electrons. The van der Waals surface area contributed by atoms with Crippen LogP contribution in [0.5, 0.6) is 0 Å². The lowest BCUT2D eigenvalue weighted by molar-refractivity contribution is -0.138. The molecule has 0 aromatic heterocycles. The summed E-state index contributed by atoms with van der Waals surface area (Å²) in [6.07, 6.45) is -8.11. The number of hydrogen-bond acceptors (Lipinski definition) is 3. The van der Waals surface area contributed by atoms with Crippen molar-refractivity contribution >= 4 is 11.8 Å². The van der Waals surface area contributed by atoms with Crippen molar-refractivity contribution in [3.8, 4) is 0 Å². The SMILES string of the molecule is CC1(N)CCN(C(=O)[C@H](Cc2ccc(C(F)(F)F)cc2)NC(=O)C2(c3ccc(C(F)(F)F)cc3F)CC2)CC1. The molecular weight excluding hydrogens is 531 g/mol. The summed E-state index contributed by atoms with van der Waals surface area (Å²) >= 11 is 0. The highest BCUT2D eigenvalue weighted by Gasteiger charge is 2.54. The minimum absolute atomic E-state index is 0.134. The molecular formula is C27H28F7N3O2. The average Bonchev–Trinajstić information content (AvgIpc) is 3.64. The van der Waals surface area contributed by atoms with Gasteiger partial charge in [-0.05, 0) is 62.4 Å². The van der Waals surface area contributed by atoms with Crippen LogP contribution in [0.3, 0.4) is 0 Å². The third-order valence-corrected chi connectivity index (χ3v) is 7.54. The molecule has 2 fully saturated rings. The van der Waals surface area contributed by atoms with Crippen LogP contribution in [0.25, 0.3) is 0 Å². The maximum absolute atomic E-state index is 14.8. The fraction of sp³-hybridized carbons (Fsp3) is 0.481. The Labute approximate surface area is 220 Å². The number of piperidine rings is 1. The van der Waals surface area contributed by atoms with E-state index in [0.29, 0.717) is 43.6 Å². The molecule has 4 rings (SSSR count). The summed E-state index contributed by atoms with van der Waals surface area (Å²) in [4.78, 5) is 28.4. The molecule has 3 N–H and O–H groups in total. The van der Waals surface area contributed by atoms with E-state index in [-0.39, 0.29) is 24.8 Å². The van der Waals surface area contributed by atoms with Gasteiger partial charge in [-0.2, -0.15) is 26.3 Å². The minimum atomic E-state index is -4.76. The zero-order chi connectivity index (χ0) is 28.8. The highest BCUT2D eigenvalue weighted by atomic mass is 19.4. The standard InChI is InChI=1S/C27H28F7N3O2/c1-24(35)10-12-37(13-11-24)22(38)21(14-16-2-4-17(5-3-16)26(29,30)31)36-23(39)25(8-9-25)19-7-6-18(15-20(19)28)27(32,33)34/h2-7,15,21H,8-14,35H2,1H3,(H,36,39)/t21-/m0/s1. The Bertz CT molecular complexity index is 1230. The van der Waals surface area contributed by atoms with Gasteiger partial charge in [0.15, 0.2) is 0 Å². The van der Waals surface area contributed by atoms with Gasteiger partial charge in [-0.1, -0.05) is 18.2 Å². The van der Waals surface area contributed by atoms with E-state index < -0.39 is 58.1 Å². The van der Waals surface area contributed by atoms with E-state index in [0.717, 1.165) is 18.2 Å². The van der Waals surface area contributed by atoms with Crippen molar-refractivity contribution in [1.29, 1.82) is 0 Å². The van der Waals surface area contributed by atoms with Crippen LogP contribution in [0.1, 0.15) is 54.9 Å². The number of hydrogen-bond donors (Lipinski definition) is 2. The van der Waals surface area contributed by atoms with Gasteiger partial charge in [0.25, 0.3) is 0 Å². The lowest BCUT2D eigenvalue weighted by Gasteiger charge is -2.38. The number of nitrogens with zero attached hydrogens (tertiary/aromatic N) is 1. The normalized spacial score (nSPS) is 19.4. The monoisotopic (exact) mass is 559 g/mol. The molecule has 2 aromatic carbocycles. The zero-order valence-electron chi connectivity index (χ0n) is 21.1. The molecule has 39 heavy (non-hydrogen) atoms. The van der Waals surface area contributed by atoms with Gasteiger partial charge in [0, 0.05) is 30.6 Å². The Morgan fingerprint density at radius 3 is 1.95 bits per heavy atom. The zero-order valence-corrected chi connectivity index (χ0v) is 21.1. The Hall–Kier alpha value is -3.15. The molecule has 12 heteroatoms. The van der Waals surface area contributed by atoms with Crippen molar-refractivity contribution in [1.82, 2.24) is 10.2 Å². The molecule has 1 aliphatic carbocycles. The molecule has 0 bridgehead atoms. The van der Waals surface area contributed by atoms with E-state index in [9.17, 15) is 40.3 Å². The molecule has 0 unspecified atom stereocenters. The summed E-state index contributed by atoms with van der Waals surface area (Å²) in [5, 5.41) is 2.63. The molecule has 2 amide bonds. The van der Waals surface area contributed by atoms with Gasteiger partial charge < -0.3 is 16.0 Å². The maximum atomic E-state index is 14.8. The van der Waals surface area contributed by atoms with Crippen LogP contribution in [-0.4, -0.2) is 41.4 Å². The fourth-order valence-electron chi connectivity index (χ4n) is 4.84. The second kappa shape index (κ2) is 10.1. The highest BCUT2D eigenvalue weighted by Crippen LogP contribution is 2.50. The van der Waals surface area contributed by atoms with Crippen LogP contribution in [0.2, 0.25) is 0 Å². The summed E-state index contributed by atoms with van der Waals surface area (Å²) in [5.41, 5.74) is 2.33. The lowest BCUT2D eigenvalue weighted by Crippen LogP contribution is -2.56. The highest BCUT2D eigenvalue weighted by molar-refractivity contribution is 5.95. The van der Waals surface area contributed by atoms with Gasteiger partial charge in [-0.25, -0.2) is 4.39 Å². The third kappa shape index (κ3) is 6.37. The average molecular weight is 560 g/mol. The minimum Gasteiger partial charge on any atom is -0.343 e. The van der Waals surface area contributed by atoms with Crippen LogP contribution in [0.4, 0.5) is 30.7 Å². The van der Waals surface area contributed by atoms with Gasteiger partial charge in [0.1, 0.15) is 11.9 Å². The summed E-state index contributed by atoms with van der Waals surface area (Å²) < 4.78 is 92.7. The number of carbonyl (C=O) groups excluding carboxylic acids is 2. The number of rotatable bonds is 6. The van der Waals surface area contributed by atoms with E-state index in [1.54, 1.807) is 0 Å². The molecule has 1 heterocycles. The first kappa shape index (κ1) is 28.8. The second-order valence-electron chi connectivity index (χ2n) is 10.7. The Morgan fingerprint density at radius 2 is 1.46 bits per heavy atom. The van der Waals surface area contributed by atoms with Gasteiger partial charge in [0.05, 0.1) is 16.5 Å². The summed E-state index contributed by atoms with van der Waals surface area (Å²) in [6.45, 7) is 2.47. The predicted molar refractivity (Wildman–Crippen MR) is 128 cm³/mol. The van der Waals surface area contributed by atoms with Crippen LogP contribution < -0.4 is 11.1 Å². The van der Waals surface area contributed by atoms with Crippen LogP contribution in [0.15, 0.2) is 42.5 Å². The molecule has 0 radical (unpaired) electrons. The van der Waals surface area contributed by atoms with E-state index in [4.69, 9.17) is 5.73 Å². The van der Waals surface area contributed by atoms with Crippen LogP contribution in [0, 0.1) is 5.82 Å². The van der Waals surface area contributed by atoms with Crippen molar-refractivity contribution < 1.29 is 40.3 Å². The quantitative estimate of drug-likeness (QED) is 0.492. The van der Waals surface area contributed by atoms with Crippen LogP contribution >= 0.6 is 0 Å². The molecule has 0 spiro atoms. The summed E-state index contributed by atoms with van der Waals surface area (Å²) in [6, 6.07) is 4.96. The first-order chi connectivity index (χ1) is 18.0. The smallest absolute Gasteiger partial charge is 0.343 e. The van der Waals surface area contributed by atoms with Gasteiger partial charge in [-0.3, -0.25) is 9.59 Å². The van der Waals surface area contributed by atoms with E-state index in [1.165, 1.54) is 17.0 Å². The number of likely N-dealkylation sites (tertiary alicyclic amines) is 1. The van der Waals surface area contributed by atoms with Crippen molar-refractivity contribution in [2.75, 3.05) is 13.1 Å². The number of alkyl halides is 6. The molecule has 1 atom stereocenters. The fourth-order valence-corrected chi connectivity index (χ4v) is 4.84. The number of nitrogens with one attached hydrogen (secondary N) is 1. The van der Waals surface area contributed by atoms with E-state index in [1.807, 2.05) is 6.92 Å². The molecule has 1 saturated carbocycles. The van der Waals surface area contributed by atoms with Crippen molar-refractivity contribution in [3.63, 3.8) is 0 Å². The molecule has 1 aliphatic heterocycles. The Morgan fingerprint density at radius 1 is 0.923 bits per heavy atom. The molecule has 2 aromatic rings. The van der Waals surface area contributed by atoms with Crippen molar-refractivity contribution in [2.24, 2.45) is 5.73 Å². The number of halogens is 7. The first-order valence-electron chi connectivity index (χ1n) is 12.4. The predicted octanol–water partition coefficient (Wildman–Crippen LogP) is 4.96. The second-order valence-corrected chi connectivity index (χ2v) is 10.7. The summed E-state index contributed by atoms with van der Waals surface area (Å²) in [5.74, 6) is -2.38. The lowest BCUT2D eigenvalue weighted by atomic mass is 9.90.